The Morgan fingerprint density at radius 3 is 2.63 bits per heavy atom. The van der Waals surface area contributed by atoms with Crippen molar-refractivity contribution < 1.29 is 0 Å². The van der Waals surface area contributed by atoms with Gasteiger partial charge in [-0.3, -0.25) is 0 Å². The summed E-state index contributed by atoms with van der Waals surface area (Å²) >= 11 is 11.7. The number of fused-ring (bicyclic) bond motifs is 4. The SMILES string of the molecule is Clc1ccc2sc3cc4ccccc4c(Br)c3c2c1. The van der Waals surface area contributed by atoms with Gasteiger partial charge < -0.3 is 0 Å². The smallest absolute Gasteiger partial charge is 0.0413 e. The molecule has 92 valence electrons. The minimum atomic E-state index is 0.784. The lowest BCUT2D eigenvalue weighted by Crippen LogP contribution is -1.76. The highest BCUT2D eigenvalue weighted by atomic mass is 79.9. The fraction of sp³-hybridized carbons (Fsp3) is 0. The zero-order valence-corrected chi connectivity index (χ0v) is 12.9. The third kappa shape index (κ3) is 1.71. The number of thiophene rings is 1. The predicted octanol–water partition coefficient (Wildman–Crippen LogP) is 6.62. The van der Waals surface area contributed by atoms with Crippen LogP contribution >= 0.6 is 38.9 Å². The summed E-state index contributed by atoms with van der Waals surface area (Å²) in [6, 6.07) is 16.8. The first kappa shape index (κ1) is 11.7. The molecule has 0 fully saturated rings. The molecule has 19 heavy (non-hydrogen) atoms. The molecule has 0 amide bonds. The van der Waals surface area contributed by atoms with Crippen LogP contribution in [0.3, 0.4) is 0 Å². The molecule has 0 aliphatic heterocycles. The number of halogens is 2. The van der Waals surface area contributed by atoms with Gasteiger partial charge in [0, 0.05) is 29.7 Å². The lowest BCUT2D eigenvalue weighted by Gasteiger charge is -2.03. The Hall–Kier alpha value is -1.09. The van der Waals surface area contributed by atoms with Crippen LogP contribution in [0.5, 0.6) is 0 Å². The van der Waals surface area contributed by atoms with Gasteiger partial charge in [-0.25, -0.2) is 0 Å². The number of rotatable bonds is 0. The Labute approximate surface area is 127 Å². The van der Waals surface area contributed by atoms with Gasteiger partial charge in [0.2, 0.25) is 0 Å². The summed E-state index contributed by atoms with van der Waals surface area (Å²) in [5.74, 6) is 0. The summed E-state index contributed by atoms with van der Waals surface area (Å²) in [5.41, 5.74) is 0. The largest absolute Gasteiger partial charge is 0.135 e. The first-order valence-corrected chi connectivity index (χ1v) is 7.92. The Balaban J connectivity index is 2.31. The summed E-state index contributed by atoms with van der Waals surface area (Å²) in [6.07, 6.45) is 0. The maximum atomic E-state index is 6.14. The van der Waals surface area contributed by atoms with E-state index in [2.05, 4.69) is 58.4 Å². The molecular formula is C16H8BrClS. The molecule has 0 N–H and O–H groups in total. The molecule has 0 nitrogen and oxygen atoms in total. The minimum Gasteiger partial charge on any atom is -0.135 e. The van der Waals surface area contributed by atoms with E-state index in [-0.39, 0.29) is 0 Å². The van der Waals surface area contributed by atoms with Crippen molar-refractivity contribution in [3.63, 3.8) is 0 Å². The summed E-state index contributed by atoms with van der Waals surface area (Å²) < 4.78 is 3.73. The van der Waals surface area contributed by atoms with E-state index in [0.29, 0.717) is 0 Å². The molecule has 4 rings (SSSR count). The van der Waals surface area contributed by atoms with Gasteiger partial charge in [0.05, 0.1) is 0 Å². The van der Waals surface area contributed by atoms with Crippen molar-refractivity contribution >= 4 is 69.8 Å². The fourth-order valence-electron chi connectivity index (χ4n) is 2.52. The van der Waals surface area contributed by atoms with E-state index < -0.39 is 0 Å². The maximum Gasteiger partial charge on any atom is 0.0413 e. The molecule has 3 heteroatoms. The molecule has 0 unspecified atom stereocenters. The summed E-state index contributed by atoms with van der Waals surface area (Å²) in [6.45, 7) is 0. The van der Waals surface area contributed by atoms with E-state index in [1.807, 2.05) is 17.4 Å². The highest BCUT2D eigenvalue weighted by molar-refractivity contribution is 9.10. The van der Waals surface area contributed by atoms with E-state index in [4.69, 9.17) is 11.6 Å². The van der Waals surface area contributed by atoms with Gasteiger partial charge in [0.1, 0.15) is 0 Å². The van der Waals surface area contributed by atoms with Gasteiger partial charge in [0.15, 0.2) is 0 Å². The Bertz CT molecular complexity index is 940. The molecule has 0 radical (unpaired) electrons. The molecule has 0 atom stereocenters. The second-order valence-corrected chi connectivity index (χ2v) is 6.84. The van der Waals surface area contributed by atoms with Crippen molar-refractivity contribution in [2.45, 2.75) is 0 Å². The molecule has 1 aromatic heterocycles. The molecule has 0 aliphatic rings. The average molecular weight is 348 g/mol. The number of benzene rings is 3. The highest BCUT2D eigenvalue weighted by Crippen LogP contribution is 2.42. The number of hydrogen-bond donors (Lipinski definition) is 0. The molecule has 3 aromatic carbocycles. The van der Waals surface area contributed by atoms with Crippen LogP contribution in [-0.2, 0) is 0 Å². The van der Waals surface area contributed by atoms with Gasteiger partial charge in [-0.1, -0.05) is 35.9 Å². The predicted molar refractivity (Wildman–Crippen MR) is 89.5 cm³/mol. The van der Waals surface area contributed by atoms with Gasteiger partial charge >= 0.3 is 0 Å². The van der Waals surface area contributed by atoms with Crippen molar-refractivity contribution in [1.82, 2.24) is 0 Å². The normalized spacial score (nSPS) is 11.7. The van der Waals surface area contributed by atoms with Crippen LogP contribution in [0.25, 0.3) is 30.9 Å². The van der Waals surface area contributed by atoms with Crippen LogP contribution in [0.15, 0.2) is 53.0 Å². The Morgan fingerprint density at radius 1 is 0.895 bits per heavy atom. The van der Waals surface area contributed by atoms with Gasteiger partial charge in [-0.2, -0.15) is 0 Å². The summed E-state index contributed by atoms with van der Waals surface area (Å²) in [7, 11) is 0. The zero-order chi connectivity index (χ0) is 13.0. The second kappa shape index (κ2) is 4.20. The molecule has 0 saturated heterocycles. The molecule has 0 saturated carbocycles. The quantitative estimate of drug-likeness (QED) is 0.335. The third-order valence-corrected chi connectivity index (χ3v) is 5.56. The van der Waals surface area contributed by atoms with Crippen molar-refractivity contribution in [1.29, 1.82) is 0 Å². The first-order valence-electron chi connectivity index (χ1n) is 5.93. The van der Waals surface area contributed by atoms with Gasteiger partial charge in [-0.15, -0.1) is 11.3 Å². The standard InChI is InChI=1S/C16H8BrClS/c17-16-11-4-2-1-3-9(11)7-14-15(16)12-8-10(18)5-6-13(12)19-14/h1-8H. The Morgan fingerprint density at radius 2 is 1.74 bits per heavy atom. The second-order valence-electron chi connectivity index (χ2n) is 4.53. The molecule has 4 aromatic rings. The van der Waals surface area contributed by atoms with Gasteiger partial charge in [0.25, 0.3) is 0 Å². The lowest BCUT2D eigenvalue weighted by atomic mass is 10.1. The van der Waals surface area contributed by atoms with E-state index in [9.17, 15) is 0 Å². The topological polar surface area (TPSA) is 0 Å². The van der Waals surface area contributed by atoms with Crippen LogP contribution in [0, 0.1) is 0 Å². The van der Waals surface area contributed by atoms with Gasteiger partial charge in [-0.05, 0) is 51.0 Å². The molecule has 0 aliphatic carbocycles. The summed E-state index contributed by atoms with van der Waals surface area (Å²) in [5, 5.41) is 5.78. The van der Waals surface area contributed by atoms with E-state index in [1.165, 1.54) is 30.9 Å². The average Bonchev–Trinajstić information content (AvgIpc) is 2.76. The minimum absolute atomic E-state index is 0.784. The summed E-state index contributed by atoms with van der Waals surface area (Å²) in [4.78, 5) is 0. The van der Waals surface area contributed by atoms with Crippen molar-refractivity contribution in [3.8, 4) is 0 Å². The monoisotopic (exact) mass is 346 g/mol. The zero-order valence-electron chi connectivity index (χ0n) is 9.78. The molecule has 1 heterocycles. The van der Waals surface area contributed by atoms with Crippen LogP contribution in [0.4, 0.5) is 0 Å². The van der Waals surface area contributed by atoms with Crippen molar-refractivity contribution in [3.05, 3.63) is 58.0 Å². The fourth-order valence-corrected chi connectivity index (χ4v) is 4.75. The molecule has 0 bridgehead atoms. The Kier molecular flexibility index (Phi) is 2.59. The number of hydrogen-bond acceptors (Lipinski definition) is 1. The lowest BCUT2D eigenvalue weighted by molar-refractivity contribution is 1.79. The van der Waals surface area contributed by atoms with E-state index >= 15 is 0 Å². The van der Waals surface area contributed by atoms with Crippen LogP contribution in [0.2, 0.25) is 5.02 Å². The van der Waals surface area contributed by atoms with Crippen LogP contribution < -0.4 is 0 Å². The van der Waals surface area contributed by atoms with Crippen molar-refractivity contribution in [2.24, 2.45) is 0 Å². The van der Waals surface area contributed by atoms with Crippen molar-refractivity contribution in [2.75, 3.05) is 0 Å². The molecule has 0 spiro atoms. The third-order valence-electron chi connectivity index (χ3n) is 3.38. The maximum absolute atomic E-state index is 6.14. The molecular weight excluding hydrogens is 340 g/mol. The first-order chi connectivity index (χ1) is 9.24. The van der Waals surface area contributed by atoms with Crippen LogP contribution in [-0.4, -0.2) is 0 Å². The van der Waals surface area contributed by atoms with Crippen LogP contribution in [0.1, 0.15) is 0 Å². The van der Waals surface area contributed by atoms with E-state index in [0.717, 1.165) is 9.50 Å². The van der Waals surface area contributed by atoms with E-state index in [1.54, 1.807) is 0 Å². The highest BCUT2D eigenvalue weighted by Gasteiger charge is 2.11.